The standard InChI is InChI=1S/C25H28F2N6O2/c1-2-8-22(25(35)28-18-10-3-4-11-18)33(19-12-7-9-17(26)15-19)23(34)16-32-30-24(29-31-32)20-13-5-6-14-21(20)27/h5-7,9,12-15,18,22H,2-4,8,10-11,16H2,1H3,(H,28,35). The minimum Gasteiger partial charge on any atom is -0.352 e. The van der Waals surface area contributed by atoms with Gasteiger partial charge in [-0.2, -0.15) is 4.80 Å². The van der Waals surface area contributed by atoms with Gasteiger partial charge in [0.05, 0.1) is 5.56 Å². The molecule has 1 aliphatic carbocycles. The highest BCUT2D eigenvalue weighted by Gasteiger charge is 2.33. The molecule has 4 rings (SSSR count). The number of hydrogen-bond acceptors (Lipinski definition) is 5. The van der Waals surface area contributed by atoms with E-state index in [1.54, 1.807) is 18.2 Å². The predicted molar refractivity (Wildman–Crippen MR) is 126 cm³/mol. The summed E-state index contributed by atoms with van der Waals surface area (Å²) in [5.74, 6) is -1.76. The van der Waals surface area contributed by atoms with Crippen LogP contribution >= 0.6 is 0 Å². The van der Waals surface area contributed by atoms with E-state index < -0.39 is 23.6 Å². The van der Waals surface area contributed by atoms with Crippen molar-refractivity contribution in [2.75, 3.05) is 4.90 Å². The van der Waals surface area contributed by atoms with Crippen molar-refractivity contribution in [3.05, 3.63) is 60.2 Å². The van der Waals surface area contributed by atoms with Gasteiger partial charge < -0.3 is 5.32 Å². The van der Waals surface area contributed by atoms with Crippen LogP contribution in [0.5, 0.6) is 0 Å². The molecule has 1 saturated carbocycles. The molecule has 1 atom stereocenters. The second-order valence-electron chi connectivity index (χ2n) is 8.66. The molecule has 0 aliphatic heterocycles. The summed E-state index contributed by atoms with van der Waals surface area (Å²) in [4.78, 5) is 29.2. The predicted octanol–water partition coefficient (Wildman–Crippen LogP) is 3.88. The number of nitrogens with zero attached hydrogens (tertiary/aromatic N) is 5. The minimum absolute atomic E-state index is 0.0392. The van der Waals surface area contributed by atoms with Crippen LogP contribution in [0.3, 0.4) is 0 Å². The summed E-state index contributed by atoms with van der Waals surface area (Å²) in [5.41, 5.74) is 0.428. The fraction of sp³-hybridized carbons (Fsp3) is 0.400. The monoisotopic (exact) mass is 482 g/mol. The molecular formula is C25H28F2N6O2. The Bertz CT molecular complexity index is 1180. The number of carbonyl (C=O) groups excluding carboxylic acids is 2. The summed E-state index contributed by atoms with van der Waals surface area (Å²) in [5, 5.41) is 15.0. The van der Waals surface area contributed by atoms with Crippen molar-refractivity contribution in [2.24, 2.45) is 0 Å². The molecular weight excluding hydrogens is 454 g/mol. The SMILES string of the molecule is CCCC(C(=O)NC1CCCC1)N(C(=O)Cn1nnc(-c2ccccc2F)n1)c1cccc(F)c1. The van der Waals surface area contributed by atoms with E-state index in [9.17, 15) is 18.4 Å². The van der Waals surface area contributed by atoms with Gasteiger partial charge in [-0.05, 0) is 54.8 Å². The number of hydrogen-bond donors (Lipinski definition) is 1. The number of aromatic nitrogens is 4. The average Bonchev–Trinajstić information content (AvgIpc) is 3.51. The second-order valence-corrected chi connectivity index (χ2v) is 8.66. The summed E-state index contributed by atoms with van der Waals surface area (Å²) in [7, 11) is 0. The zero-order valence-electron chi connectivity index (χ0n) is 19.5. The lowest BCUT2D eigenvalue weighted by Crippen LogP contribution is -2.52. The third-order valence-corrected chi connectivity index (χ3v) is 6.08. The summed E-state index contributed by atoms with van der Waals surface area (Å²) < 4.78 is 28.2. The first-order valence-electron chi connectivity index (χ1n) is 11.9. The highest BCUT2D eigenvalue weighted by molar-refractivity contribution is 6.00. The zero-order chi connectivity index (χ0) is 24.8. The lowest BCUT2D eigenvalue weighted by molar-refractivity contribution is -0.127. The van der Waals surface area contributed by atoms with Gasteiger partial charge >= 0.3 is 0 Å². The quantitative estimate of drug-likeness (QED) is 0.500. The topological polar surface area (TPSA) is 93.0 Å². The third kappa shape index (κ3) is 5.87. The number of halogens is 2. The highest BCUT2D eigenvalue weighted by Crippen LogP contribution is 2.24. The Hall–Kier alpha value is -3.69. The van der Waals surface area contributed by atoms with Crippen molar-refractivity contribution >= 4 is 17.5 Å². The lowest BCUT2D eigenvalue weighted by atomic mass is 10.1. The number of carbonyl (C=O) groups is 2. The van der Waals surface area contributed by atoms with Crippen LogP contribution in [-0.2, 0) is 16.1 Å². The Labute approximate surface area is 202 Å². The maximum Gasteiger partial charge on any atom is 0.251 e. The molecule has 1 heterocycles. The van der Waals surface area contributed by atoms with Gasteiger partial charge in [0, 0.05) is 11.7 Å². The van der Waals surface area contributed by atoms with Crippen molar-refractivity contribution in [2.45, 2.75) is 64.1 Å². The molecule has 1 unspecified atom stereocenters. The van der Waals surface area contributed by atoms with Gasteiger partial charge in [0.1, 0.15) is 24.2 Å². The maximum absolute atomic E-state index is 14.1. The molecule has 184 valence electrons. The summed E-state index contributed by atoms with van der Waals surface area (Å²) in [6.45, 7) is 1.57. The van der Waals surface area contributed by atoms with Crippen molar-refractivity contribution < 1.29 is 18.4 Å². The molecule has 2 aromatic carbocycles. The van der Waals surface area contributed by atoms with Crippen LogP contribution in [0.1, 0.15) is 45.4 Å². The smallest absolute Gasteiger partial charge is 0.251 e. The number of anilines is 1. The van der Waals surface area contributed by atoms with Crippen LogP contribution in [0.25, 0.3) is 11.4 Å². The molecule has 1 aromatic heterocycles. The average molecular weight is 483 g/mol. The summed E-state index contributed by atoms with van der Waals surface area (Å²) >= 11 is 0. The van der Waals surface area contributed by atoms with Gasteiger partial charge in [-0.1, -0.05) is 44.4 Å². The van der Waals surface area contributed by atoms with Crippen LogP contribution in [0.2, 0.25) is 0 Å². The molecule has 10 heteroatoms. The van der Waals surface area contributed by atoms with Gasteiger partial charge in [0.25, 0.3) is 5.91 Å². The Morgan fingerprint density at radius 3 is 2.63 bits per heavy atom. The van der Waals surface area contributed by atoms with E-state index in [1.165, 1.54) is 35.2 Å². The number of benzene rings is 2. The molecule has 0 bridgehead atoms. The van der Waals surface area contributed by atoms with E-state index in [1.807, 2.05) is 6.92 Å². The molecule has 1 aliphatic rings. The van der Waals surface area contributed by atoms with E-state index in [4.69, 9.17) is 0 Å². The van der Waals surface area contributed by atoms with Crippen molar-refractivity contribution in [1.82, 2.24) is 25.5 Å². The van der Waals surface area contributed by atoms with Gasteiger partial charge in [0.15, 0.2) is 0 Å². The van der Waals surface area contributed by atoms with Crippen LogP contribution in [0, 0.1) is 11.6 Å². The third-order valence-electron chi connectivity index (χ3n) is 6.08. The Morgan fingerprint density at radius 1 is 1.14 bits per heavy atom. The van der Waals surface area contributed by atoms with Crippen LogP contribution < -0.4 is 10.2 Å². The van der Waals surface area contributed by atoms with Crippen LogP contribution in [0.4, 0.5) is 14.5 Å². The van der Waals surface area contributed by atoms with Gasteiger partial charge in [-0.25, -0.2) is 8.78 Å². The Balaban J connectivity index is 1.61. The van der Waals surface area contributed by atoms with Gasteiger partial charge in [-0.3, -0.25) is 14.5 Å². The molecule has 1 N–H and O–H groups in total. The van der Waals surface area contributed by atoms with Crippen LogP contribution in [0.15, 0.2) is 48.5 Å². The van der Waals surface area contributed by atoms with E-state index in [0.29, 0.717) is 12.8 Å². The molecule has 0 saturated heterocycles. The van der Waals surface area contributed by atoms with Crippen LogP contribution in [-0.4, -0.2) is 44.1 Å². The Morgan fingerprint density at radius 2 is 1.91 bits per heavy atom. The highest BCUT2D eigenvalue weighted by atomic mass is 19.1. The normalized spacial score (nSPS) is 14.6. The maximum atomic E-state index is 14.1. The van der Waals surface area contributed by atoms with E-state index >= 15 is 0 Å². The molecule has 35 heavy (non-hydrogen) atoms. The zero-order valence-corrected chi connectivity index (χ0v) is 19.5. The fourth-order valence-electron chi connectivity index (χ4n) is 4.40. The molecule has 0 radical (unpaired) electrons. The molecule has 1 fully saturated rings. The minimum atomic E-state index is -0.829. The first kappa shape index (κ1) is 24.4. The van der Waals surface area contributed by atoms with E-state index in [0.717, 1.165) is 30.5 Å². The molecule has 2 amide bonds. The number of rotatable bonds is 9. The van der Waals surface area contributed by atoms with Gasteiger partial charge in [0.2, 0.25) is 11.7 Å². The fourth-order valence-corrected chi connectivity index (χ4v) is 4.40. The first-order chi connectivity index (χ1) is 17.0. The van der Waals surface area contributed by atoms with Gasteiger partial charge in [-0.15, -0.1) is 10.2 Å². The van der Waals surface area contributed by atoms with Crippen molar-refractivity contribution in [3.63, 3.8) is 0 Å². The molecule has 0 spiro atoms. The van der Waals surface area contributed by atoms with E-state index in [2.05, 4.69) is 20.7 Å². The molecule has 3 aromatic rings. The second kappa shape index (κ2) is 11.2. The Kier molecular flexibility index (Phi) is 7.79. The number of nitrogens with one attached hydrogen (secondary N) is 1. The summed E-state index contributed by atoms with van der Waals surface area (Å²) in [6, 6.07) is 10.8. The van der Waals surface area contributed by atoms with Crippen molar-refractivity contribution in [3.8, 4) is 11.4 Å². The lowest BCUT2D eigenvalue weighted by Gasteiger charge is -2.31. The van der Waals surface area contributed by atoms with E-state index in [-0.39, 0.29) is 35.6 Å². The first-order valence-corrected chi connectivity index (χ1v) is 11.9. The molecule has 8 nitrogen and oxygen atoms in total. The number of amides is 2. The van der Waals surface area contributed by atoms with Crippen molar-refractivity contribution in [1.29, 1.82) is 0 Å². The largest absolute Gasteiger partial charge is 0.352 e. The summed E-state index contributed by atoms with van der Waals surface area (Å²) in [6.07, 6.45) is 4.95. The number of tetrazole rings is 1.